The van der Waals surface area contributed by atoms with E-state index in [2.05, 4.69) is 0 Å². The zero-order valence-corrected chi connectivity index (χ0v) is 8.67. The molecule has 0 amide bonds. The van der Waals surface area contributed by atoms with Gasteiger partial charge in [0.1, 0.15) is 0 Å². The van der Waals surface area contributed by atoms with Crippen LogP contribution in [-0.4, -0.2) is 34.9 Å². The highest BCUT2D eigenvalue weighted by molar-refractivity contribution is 7.45. The molecule has 4 nitrogen and oxygen atoms in total. The molecule has 0 saturated heterocycles. The summed E-state index contributed by atoms with van der Waals surface area (Å²) in [5.41, 5.74) is 0. The van der Waals surface area contributed by atoms with Gasteiger partial charge in [-0.15, -0.1) is 0 Å². The standard InChI is InChI=1S/C7H17O4P/c1-4-10-7(3,11-5-2)6-12(8)9/h8-9H,4-6H2,1-3H3. The smallest absolute Gasteiger partial charge is 0.173 e. The maximum atomic E-state index is 8.80. The van der Waals surface area contributed by atoms with Gasteiger partial charge in [-0.05, 0) is 20.8 Å². The maximum absolute atomic E-state index is 8.80. The number of hydrogen-bond donors (Lipinski definition) is 2. The fourth-order valence-corrected chi connectivity index (χ4v) is 1.70. The molecule has 0 rings (SSSR count). The molecule has 0 aromatic rings. The maximum Gasteiger partial charge on any atom is 0.173 e. The van der Waals surface area contributed by atoms with Crippen molar-refractivity contribution in [3.05, 3.63) is 0 Å². The summed E-state index contributed by atoms with van der Waals surface area (Å²) in [6.45, 7) is 6.39. The van der Waals surface area contributed by atoms with Crippen molar-refractivity contribution in [3.63, 3.8) is 0 Å². The quantitative estimate of drug-likeness (QED) is 0.493. The average molecular weight is 196 g/mol. The Bertz CT molecular complexity index is 112. The van der Waals surface area contributed by atoms with Crippen LogP contribution in [0.15, 0.2) is 0 Å². The summed E-state index contributed by atoms with van der Waals surface area (Å²) in [6.07, 6.45) is 0.129. The van der Waals surface area contributed by atoms with Crippen molar-refractivity contribution < 1.29 is 19.3 Å². The van der Waals surface area contributed by atoms with E-state index in [4.69, 9.17) is 19.3 Å². The van der Waals surface area contributed by atoms with E-state index in [-0.39, 0.29) is 6.16 Å². The van der Waals surface area contributed by atoms with E-state index >= 15 is 0 Å². The molecule has 0 aliphatic rings. The van der Waals surface area contributed by atoms with Gasteiger partial charge in [0.05, 0.1) is 6.16 Å². The first kappa shape index (κ1) is 12.3. The van der Waals surface area contributed by atoms with Crippen molar-refractivity contribution >= 4 is 8.38 Å². The average Bonchev–Trinajstić information content (AvgIpc) is 1.85. The molecule has 0 atom stereocenters. The Labute approximate surface area is 74.4 Å². The van der Waals surface area contributed by atoms with E-state index in [0.29, 0.717) is 13.2 Å². The summed E-state index contributed by atoms with van der Waals surface area (Å²) in [5.74, 6) is -0.849. The van der Waals surface area contributed by atoms with Crippen LogP contribution in [0.5, 0.6) is 0 Å². The normalized spacial score (nSPS) is 12.5. The van der Waals surface area contributed by atoms with Crippen LogP contribution < -0.4 is 0 Å². The summed E-state index contributed by atoms with van der Waals surface area (Å²) in [4.78, 5) is 17.6. The van der Waals surface area contributed by atoms with Gasteiger partial charge >= 0.3 is 0 Å². The third-order valence-corrected chi connectivity index (χ3v) is 2.19. The molecule has 0 saturated carbocycles. The first-order valence-corrected chi connectivity index (χ1v) is 5.40. The molecule has 0 aliphatic carbocycles. The lowest BCUT2D eigenvalue weighted by molar-refractivity contribution is -0.205. The van der Waals surface area contributed by atoms with Crippen molar-refractivity contribution in [3.8, 4) is 0 Å². The summed E-state index contributed by atoms with van der Waals surface area (Å²) in [5, 5.41) is 0. The zero-order valence-electron chi connectivity index (χ0n) is 7.78. The highest BCUT2D eigenvalue weighted by Gasteiger charge is 2.28. The molecule has 0 unspecified atom stereocenters. The van der Waals surface area contributed by atoms with E-state index in [9.17, 15) is 0 Å². The van der Waals surface area contributed by atoms with Gasteiger partial charge in [0.15, 0.2) is 14.2 Å². The highest BCUT2D eigenvalue weighted by atomic mass is 31.2. The predicted molar refractivity (Wildman–Crippen MR) is 47.9 cm³/mol. The summed E-state index contributed by atoms with van der Waals surface area (Å²) < 4.78 is 10.5. The third kappa shape index (κ3) is 5.01. The Morgan fingerprint density at radius 3 is 1.83 bits per heavy atom. The number of rotatable bonds is 6. The van der Waals surface area contributed by atoms with Crippen LogP contribution in [-0.2, 0) is 9.47 Å². The molecule has 12 heavy (non-hydrogen) atoms. The molecular formula is C7H17O4P. The van der Waals surface area contributed by atoms with E-state index in [1.54, 1.807) is 6.92 Å². The minimum absolute atomic E-state index is 0.129. The van der Waals surface area contributed by atoms with Gasteiger partial charge in [0.25, 0.3) is 0 Å². The van der Waals surface area contributed by atoms with Gasteiger partial charge in [0, 0.05) is 13.2 Å². The molecule has 5 heteroatoms. The second-order valence-electron chi connectivity index (χ2n) is 2.53. The van der Waals surface area contributed by atoms with Crippen molar-refractivity contribution in [2.75, 3.05) is 19.4 Å². The van der Waals surface area contributed by atoms with Crippen molar-refractivity contribution in [1.82, 2.24) is 0 Å². The van der Waals surface area contributed by atoms with Crippen LogP contribution in [0.2, 0.25) is 0 Å². The summed E-state index contributed by atoms with van der Waals surface area (Å²) in [6, 6.07) is 0. The molecule has 0 bridgehead atoms. The first-order valence-electron chi connectivity index (χ1n) is 3.97. The Hall–Kier alpha value is 0.270. The van der Waals surface area contributed by atoms with Crippen LogP contribution in [0, 0.1) is 0 Å². The second kappa shape index (κ2) is 5.84. The Morgan fingerprint density at radius 1 is 1.17 bits per heavy atom. The lowest BCUT2D eigenvalue weighted by Gasteiger charge is -2.29. The van der Waals surface area contributed by atoms with Gasteiger partial charge in [-0.2, -0.15) is 0 Å². The van der Waals surface area contributed by atoms with Gasteiger partial charge in [-0.1, -0.05) is 0 Å². The lowest BCUT2D eigenvalue weighted by Crippen LogP contribution is -2.35. The topological polar surface area (TPSA) is 58.9 Å². The molecular weight excluding hydrogens is 179 g/mol. The van der Waals surface area contributed by atoms with Crippen molar-refractivity contribution in [2.24, 2.45) is 0 Å². The van der Waals surface area contributed by atoms with Crippen LogP contribution in [0.4, 0.5) is 0 Å². The Balaban J connectivity index is 3.98. The van der Waals surface area contributed by atoms with E-state index in [1.165, 1.54) is 0 Å². The first-order chi connectivity index (χ1) is 5.54. The highest BCUT2D eigenvalue weighted by Crippen LogP contribution is 2.31. The molecule has 0 spiro atoms. The fourth-order valence-electron chi connectivity index (χ4n) is 1.00. The molecule has 0 aromatic heterocycles. The van der Waals surface area contributed by atoms with Crippen LogP contribution in [0.1, 0.15) is 20.8 Å². The molecule has 74 valence electrons. The Morgan fingerprint density at radius 2 is 1.58 bits per heavy atom. The molecule has 0 aromatic carbocycles. The largest absolute Gasteiger partial charge is 0.350 e. The van der Waals surface area contributed by atoms with Crippen LogP contribution in [0.25, 0.3) is 0 Å². The van der Waals surface area contributed by atoms with E-state index in [1.807, 2.05) is 13.8 Å². The van der Waals surface area contributed by atoms with Gasteiger partial charge in [-0.25, -0.2) is 0 Å². The monoisotopic (exact) mass is 196 g/mol. The minimum atomic E-state index is -1.96. The van der Waals surface area contributed by atoms with Crippen molar-refractivity contribution in [2.45, 2.75) is 26.6 Å². The fraction of sp³-hybridized carbons (Fsp3) is 1.00. The molecule has 0 heterocycles. The lowest BCUT2D eigenvalue weighted by atomic mass is 10.4. The predicted octanol–water partition coefficient (Wildman–Crippen LogP) is 1.07. The third-order valence-electron chi connectivity index (χ3n) is 1.33. The number of hydrogen-bond acceptors (Lipinski definition) is 4. The Kier molecular flexibility index (Phi) is 5.97. The van der Waals surface area contributed by atoms with E-state index < -0.39 is 14.2 Å². The van der Waals surface area contributed by atoms with Gasteiger partial charge < -0.3 is 19.3 Å². The summed E-state index contributed by atoms with van der Waals surface area (Å²) in [7, 11) is -1.96. The van der Waals surface area contributed by atoms with Crippen LogP contribution in [0.3, 0.4) is 0 Å². The van der Waals surface area contributed by atoms with E-state index in [0.717, 1.165) is 0 Å². The van der Waals surface area contributed by atoms with Gasteiger partial charge in [-0.3, -0.25) is 0 Å². The molecule has 0 radical (unpaired) electrons. The van der Waals surface area contributed by atoms with Crippen LogP contribution >= 0.6 is 8.38 Å². The zero-order chi connectivity index (χ0) is 9.61. The minimum Gasteiger partial charge on any atom is -0.350 e. The van der Waals surface area contributed by atoms with Crippen molar-refractivity contribution in [1.29, 1.82) is 0 Å². The molecule has 0 aliphatic heterocycles. The second-order valence-corrected chi connectivity index (χ2v) is 3.59. The molecule has 2 N–H and O–H groups in total. The SMILES string of the molecule is CCOC(C)(CP(O)O)OCC. The summed E-state index contributed by atoms with van der Waals surface area (Å²) >= 11 is 0. The van der Waals surface area contributed by atoms with Gasteiger partial charge in [0.2, 0.25) is 0 Å². The number of ether oxygens (including phenoxy) is 2. The molecule has 0 fully saturated rings.